The van der Waals surface area contributed by atoms with Crippen LogP contribution in [0.25, 0.3) is 11.2 Å². The first kappa shape index (κ1) is 50.2. The lowest BCUT2D eigenvalue weighted by Gasteiger charge is -2.30. The molecule has 3 heterocycles. The molecule has 3 unspecified atom stereocenters. The van der Waals surface area contributed by atoms with Gasteiger partial charge < -0.3 is 56.0 Å². The number of thioether (sulfide) groups is 1. The number of carbonyl (C=O) groups excluding carboxylic acids is 3. The number of rotatable bonds is 21. The fourth-order valence-corrected chi connectivity index (χ4v) is 8.18. The lowest BCUT2D eigenvalue weighted by atomic mass is 9.87. The molecule has 0 aromatic carbocycles. The number of nitrogens with one attached hydrogen (secondary N) is 2. The number of phosphoric acid groups is 3. The Labute approximate surface area is 328 Å². The number of hydrogen-bond donors (Lipinski definition) is 10. The maximum absolute atomic E-state index is 12.6. The molecule has 0 aliphatic carbocycles. The molecule has 2 amide bonds. The first-order valence-corrected chi connectivity index (χ1v) is 22.0. The van der Waals surface area contributed by atoms with Crippen molar-refractivity contribution < 1.29 is 90.4 Å². The highest BCUT2D eigenvalue weighted by atomic mass is 32.2. The summed E-state index contributed by atoms with van der Waals surface area (Å²) in [7, 11) is -16.4. The van der Waals surface area contributed by atoms with E-state index >= 15 is 0 Å². The molecular weight excluding hydrogens is 851 g/mol. The number of anilines is 1. The van der Waals surface area contributed by atoms with E-state index in [-0.39, 0.29) is 41.6 Å². The second kappa shape index (κ2) is 21.9. The van der Waals surface area contributed by atoms with Crippen molar-refractivity contribution in [3.8, 4) is 0 Å². The highest BCUT2D eigenvalue weighted by molar-refractivity contribution is 8.13. The van der Waals surface area contributed by atoms with Crippen LogP contribution in [0.2, 0.25) is 0 Å². The molecule has 11 N–H and O–H groups in total. The average molecular weight is 898 g/mol. The molecule has 1 saturated heterocycles. The number of aliphatic hydroxyl groups is 2. The lowest BCUT2D eigenvalue weighted by Crippen LogP contribution is -2.46. The summed E-state index contributed by atoms with van der Waals surface area (Å²) in [6.45, 7) is 3.50. The van der Waals surface area contributed by atoms with E-state index in [1.165, 1.54) is 13.8 Å². The largest absolute Gasteiger partial charge is 0.481 e. The molecule has 7 atom stereocenters. The maximum atomic E-state index is 12.6. The van der Waals surface area contributed by atoms with Crippen LogP contribution in [0.5, 0.6) is 0 Å². The van der Waals surface area contributed by atoms with E-state index in [0.29, 0.717) is 12.2 Å². The number of aromatic nitrogens is 4. The van der Waals surface area contributed by atoms with E-state index in [1.807, 2.05) is 6.92 Å². The molecule has 1 fully saturated rings. The molecule has 0 saturated carbocycles. The number of aliphatic hydroxyl groups excluding tert-OH is 2. The van der Waals surface area contributed by atoms with Crippen molar-refractivity contribution in [3.05, 3.63) is 12.7 Å². The Morgan fingerprint density at radius 2 is 1.67 bits per heavy atom. The number of imidazole rings is 1. The number of amides is 2. The Morgan fingerprint density at radius 3 is 2.28 bits per heavy atom. The van der Waals surface area contributed by atoms with E-state index in [1.54, 1.807) is 0 Å². The highest BCUT2D eigenvalue weighted by Crippen LogP contribution is 2.61. The van der Waals surface area contributed by atoms with Gasteiger partial charge in [-0.1, -0.05) is 32.5 Å². The monoisotopic (exact) mass is 897 g/mol. The smallest absolute Gasteiger partial charge is 0.481 e. The lowest BCUT2D eigenvalue weighted by molar-refractivity contribution is -0.137. The second-order valence-electron chi connectivity index (χ2n) is 12.6. The van der Waals surface area contributed by atoms with Gasteiger partial charge in [0, 0.05) is 44.0 Å². The number of ether oxygens (including phenoxy) is 1. The molecule has 0 radical (unpaired) electrons. The van der Waals surface area contributed by atoms with Gasteiger partial charge in [0.25, 0.3) is 5.97 Å². The first-order valence-electron chi connectivity index (χ1n) is 16.5. The van der Waals surface area contributed by atoms with Gasteiger partial charge in [0.2, 0.25) is 11.8 Å². The number of carbonyl (C=O) groups is 4. The van der Waals surface area contributed by atoms with Gasteiger partial charge in [0.05, 0.1) is 19.5 Å². The average Bonchev–Trinajstić information content (AvgIpc) is 3.64. The summed E-state index contributed by atoms with van der Waals surface area (Å²) in [6.07, 6.45) is -5.73. The molecular formula is C27H46N7O19P3S. The number of carboxylic acid groups (broad SMARTS) is 1. The minimum absolute atomic E-state index is 0.0127. The third-order valence-electron chi connectivity index (χ3n) is 7.22. The summed E-state index contributed by atoms with van der Waals surface area (Å²) in [5.41, 5.74) is 4.27. The summed E-state index contributed by atoms with van der Waals surface area (Å²) in [6, 6.07) is 0. The first-order chi connectivity index (χ1) is 26.3. The zero-order valence-corrected chi connectivity index (χ0v) is 34.3. The van der Waals surface area contributed by atoms with Crippen LogP contribution in [0.1, 0.15) is 53.2 Å². The van der Waals surface area contributed by atoms with Crippen LogP contribution in [0.3, 0.4) is 0 Å². The molecule has 1 aliphatic rings. The fourth-order valence-electron chi connectivity index (χ4n) is 4.57. The van der Waals surface area contributed by atoms with Crippen molar-refractivity contribution in [2.75, 3.05) is 37.8 Å². The van der Waals surface area contributed by atoms with Gasteiger partial charge in [-0.15, -0.1) is 0 Å². The van der Waals surface area contributed by atoms with Crippen molar-refractivity contribution in [1.82, 2.24) is 30.2 Å². The predicted molar refractivity (Wildman–Crippen MR) is 195 cm³/mol. The normalized spacial score (nSPS) is 21.1. The SMILES string of the molecule is CC(=O)O.CCCC(=O)SCCNC(=O)CCNC(=O)C(O)C(C)(C)COP(=O)(O)OP(=O)(O)OC[C@H]1O[C@@H](n2cnc3c(N)ncnc32)[C@H](O)[C@@H]1OP(=O)(O)O. The summed E-state index contributed by atoms with van der Waals surface area (Å²) in [5, 5.41) is 33.7. The Bertz CT molecular complexity index is 1840. The quantitative estimate of drug-likeness (QED) is 0.0560. The topological polar surface area (TPSA) is 401 Å². The zero-order valence-electron chi connectivity index (χ0n) is 30.8. The van der Waals surface area contributed by atoms with Crippen LogP contribution in [-0.4, -0.2) is 134 Å². The number of phosphoric ester groups is 3. The standard InChI is InChI=1S/C25H42N7O17P3S.C2H4O2/c1-4-5-16(34)53-9-8-27-15(33)6-7-28-23(37)20(36)25(2,3)11-46-52(43,44)49-51(41,42)45-10-14-19(48-50(38,39)40)18(35)24(47-14)32-13-31-17-21(26)29-12-30-22(17)32;1-2(3)4/h12-14,18-20,24,35-36H,4-11H2,1-3H3,(H,27,33)(H,28,37)(H,41,42)(H,43,44)(H2,26,29,30)(H2,38,39,40);1H3,(H,3,4)/t14-,18-,19-,20?,24-;/m1./s1. The third kappa shape index (κ3) is 17.0. The Morgan fingerprint density at radius 1 is 1.04 bits per heavy atom. The van der Waals surface area contributed by atoms with Crippen LogP contribution in [0.4, 0.5) is 5.82 Å². The molecule has 30 heteroatoms. The number of nitrogens with zero attached hydrogens (tertiary/aromatic N) is 4. The van der Waals surface area contributed by atoms with Crippen molar-refractivity contribution in [3.63, 3.8) is 0 Å². The van der Waals surface area contributed by atoms with E-state index in [4.69, 9.17) is 29.4 Å². The van der Waals surface area contributed by atoms with Gasteiger partial charge in [-0.2, -0.15) is 4.31 Å². The van der Waals surface area contributed by atoms with Crippen molar-refractivity contribution in [1.29, 1.82) is 0 Å². The van der Waals surface area contributed by atoms with Crippen LogP contribution in [0, 0.1) is 5.41 Å². The molecule has 324 valence electrons. The third-order valence-corrected chi connectivity index (χ3v) is 11.3. The van der Waals surface area contributed by atoms with Crippen LogP contribution < -0.4 is 16.4 Å². The van der Waals surface area contributed by atoms with Gasteiger partial charge in [-0.25, -0.2) is 28.6 Å². The summed E-state index contributed by atoms with van der Waals surface area (Å²) in [4.78, 5) is 95.8. The number of fused-ring (bicyclic) bond motifs is 1. The molecule has 2 aromatic heterocycles. The van der Waals surface area contributed by atoms with Crippen molar-refractivity contribution in [2.45, 2.75) is 77.6 Å². The molecule has 3 rings (SSSR count). The number of hydrogen-bond acceptors (Lipinski definition) is 19. The summed E-state index contributed by atoms with van der Waals surface area (Å²) >= 11 is 1.09. The molecule has 1 aliphatic heterocycles. The minimum Gasteiger partial charge on any atom is -0.481 e. The van der Waals surface area contributed by atoms with Gasteiger partial charge >= 0.3 is 23.5 Å². The van der Waals surface area contributed by atoms with Gasteiger partial charge in [0.1, 0.15) is 36.3 Å². The Kier molecular flexibility index (Phi) is 19.2. The Balaban J connectivity index is 0.00000267. The number of aliphatic carboxylic acids is 1. The minimum atomic E-state index is -5.56. The van der Waals surface area contributed by atoms with E-state index in [9.17, 15) is 57.9 Å². The molecule has 57 heavy (non-hydrogen) atoms. The molecule has 0 bridgehead atoms. The van der Waals surface area contributed by atoms with Crippen molar-refractivity contribution in [2.24, 2.45) is 5.41 Å². The van der Waals surface area contributed by atoms with Gasteiger partial charge in [-0.05, 0) is 6.42 Å². The Hall–Kier alpha value is -2.97. The van der Waals surface area contributed by atoms with E-state index in [2.05, 4.69) is 34.4 Å². The molecule has 0 spiro atoms. The van der Waals surface area contributed by atoms with Crippen LogP contribution in [0.15, 0.2) is 12.7 Å². The van der Waals surface area contributed by atoms with Gasteiger partial charge in [0.15, 0.2) is 22.8 Å². The predicted octanol–water partition coefficient (Wildman–Crippen LogP) is -0.444. The summed E-state index contributed by atoms with van der Waals surface area (Å²) in [5.74, 6) is -1.89. The highest BCUT2D eigenvalue weighted by Gasteiger charge is 2.50. The van der Waals surface area contributed by atoms with Gasteiger partial charge in [-0.3, -0.25) is 37.3 Å². The zero-order chi connectivity index (χ0) is 43.4. The maximum Gasteiger partial charge on any atom is 0.481 e. The van der Waals surface area contributed by atoms with Crippen LogP contribution in [-0.2, 0) is 55.5 Å². The van der Waals surface area contributed by atoms with Crippen LogP contribution >= 0.6 is 35.2 Å². The summed E-state index contributed by atoms with van der Waals surface area (Å²) < 4.78 is 61.9. The van der Waals surface area contributed by atoms with Crippen molar-refractivity contribution >= 4 is 75.1 Å². The second-order valence-corrected chi connectivity index (χ2v) is 17.9. The number of nitrogen functional groups attached to an aromatic ring is 1. The van der Waals surface area contributed by atoms with E-state index < -0.39 is 90.5 Å². The molecule has 26 nitrogen and oxygen atoms in total. The fraction of sp³-hybridized carbons (Fsp3) is 0.667. The molecule has 2 aromatic rings. The number of carboxylic acids is 1. The number of nitrogens with two attached hydrogens (primary N) is 1. The van der Waals surface area contributed by atoms with E-state index in [0.717, 1.165) is 42.3 Å².